The standard InChI is InChI=1S/C20H29N5O2S/c1-14-11-20(14)4-7-25(8-5-20)28(26,27)12-15-9-16(10-15)24(2)19-17-3-6-21-18(17)22-13-23-19/h3,6,13-16H,4-5,7-12H2,1-2H3,(H,21,22,23). The molecular weight excluding hydrogens is 374 g/mol. The van der Waals surface area contributed by atoms with Crippen molar-refractivity contribution in [2.45, 2.75) is 45.1 Å². The van der Waals surface area contributed by atoms with E-state index in [2.05, 4.69) is 26.8 Å². The van der Waals surface area contributed by atoms with E-state index in [-0.39, 0.29) is 5.92 Å². The first-order valence-electron chi connectivity index (χ1n) is 10.4. The molecule has 152 valence electrons. The molecule has 1 N–H and O–H groups in total. The Morgan fingerprint density at radius 1 is 1.29 bits per heavy atom. The minimum Gasteiger partial charge on any atom is -0.356 e. The van der Waals surface area contributed by atoms with E-state index in [0.717, 1.165) is 61.5 Å². The number of fused-ring (bicyclic) bond motifs is 1. The number of rotatable bonds is 5. The fourth-order valence-corrected chi connectivity index (χ4v) is 7.14. The van der Waals surface area contributed by atoms with E-state index in [1.807, 2.05) is 19.3 Å². The Morgan fingerprint density at radius 3 is 2.68 bits per heavy atom. The molecule has 1 aliphatic heterocycles. The molecule has 1 saturated heterocycles. The molecule has 1 spiro atoms. The van der Waals surface area contributed by atoms with Gasteiger partial charge in [-0.2, -0.15) is 0 Å². The van der Waals surface area contributed by atoms with Gasteiger partial charge in [-0.3, -0.25) is 0 Å². The largest absolute Gasteiger partial charge is 0.356 e. The summed E-state index contributed by atoms with van der Waals surface area (Å²) in [5.41, 5.74) is 1.31. The van der Waals surface area contributed by atoms with Gasteiger partial charge >= 0.3 is 0 Å². The fraction of sp³-hybridized carbons (Fsp3) is 0.700. The molecule has 1 atom stereocenters. The average Bonchev–Trinajstić information content (AvgIpc) is 3.05. The van der Waals surface area contributed by atoms with Crippen LogP contribution >= 0.6 is 0 Å². The van der Waals surface area contributed by atoms with E-state index >= 15 is 0 Å². The van der Waals surface area contributed by atoms with Crippen LogP contribution in [0.2, 0.25) is 0 Å². The molecule has 28 heavy (non-hydrogen) atoms. The van der Waals surface area contributed by atoms with Crippen LogP contribution in [0.4, 0.5) is 5.82 Å². The number of H-pyrrole nitrogens is 1. The number of sulfonamides is 1. The Morgan fingerprint density at radius 2 is 2.00 bits per heavy atom. The quantitative estimate of drug-likeness (QED) is 0.830. The Balaban J connectivity index is 1.17. The number of nitrogens with one attached hydrogen (secondary N) is 1. The second kappa shape index (κ2) is 6.42. The summed E-state index contributed by atoms with van der Waals surface area (Å²) in [5, 5.41) is 1.01. The third-order valence-corrected chi connectivity index (χ3v) is 9.63. The minimum atomic E-state index is -3.14. The van der Waals surface area contributed by atoms with Crippen molar-refractivity contribution in [1.82, 2.24) is 19.3 Å². The highest BCUT2D eigenvalue weighted by molar-refractivity contribution is 7.89. The number of anilines is 1. The number of aromatic amines is 1. The summed E-state index contributed by atoms with van der Waals surface area (Å²) in [6, 6.07) is 2.33. The number of hydrogen-bond acceptors (Lipinski definition) is 5. The number of hydrogen-bond donors (Lipinski definition) is 1. The minimum absolute atomic E-state index is 0.247. The maximum Gasteiger partial charge on any atom is 0.214 e. The number of piperidine rings is 1. The van der Waals surface area contributed by atoms with Crippen molar-refractivity contribution in [1.29, 1.82) is 0 Å². The lowest BCUT2D eigenvalue weighted by atomic mass is 9.81. The van der Waals surface area contributed by atoms with Crippen LogP contribution in [0, 0.1) is 17.3 Å². The van der Waals surface area contributed by atoms with Gasteiger partial charge in [0.2, 0.25) is 10.0 Å². The molecule has 2 saturated carbocycles. The Kier molecular flexibility index (Phi) is 4.21. The van der Waals surface area contributed by atoms with Crippen LogP contribution in [0.25, 0.3) is 11.0 Å². The van der Waals surface area contributed by atoms with E-state index in [1.54, 1.807) is 10.6 Å². The van der Waals surface area contributed by atoms with Gasteiger partial charge in [0.15, 0.2) is 0 Å². The first-order chi connectivity index (χ1) is 13.4. The second-order valence-corrected chi connectivity index (χ2v) is 11.2. The fourth-order valence-electron chi connectivity index (χ4n) is 5.33. The highest BCUT2D eigenvalue weighted by atomic mass is 32.2. The van der Waals surface area contributed by atoms with Gasteiger partial charge in [-0.1, -0.05) is 6.92 Å². The highest BCUT2D eigenvalue weighted by Gasteiger charge is 2.53. The van der Waals surface area contributed by atoms with Gasteiger partial charge < -0.3 is 9.88 Å². The zero-order valence-electron chi connectivity index (χ0n) is 16.6. The molecule has 3 aliphatic rings. The maximum atomic E-state index is 12.9. The third kappa shape index (κ3) is 3.01. The molecule has 5 rings (SSSR count). The first kappa shape index (κ1) is 18.4. The van der Waals surface area contributed by atoms with E-state index in [9.17, 15) is 8.42 Å². The van der Waals surface area contributed by atoms with Gasteiger partial charge in [-0.05, 0) is 55.4 Å². The molecule has 3 fully saturated rings. The van der Waals surface area contributed by atoms with Gasteiger partial charge in [-0.25, -0.2) is 22.7 Å². The van der Waals surface area contributed by atoms with Crippen LogP contribution in [0.3, 0.4) is 0 Å². The highest BCUT2D eigenvalue weighted by Crippen LogP contribution is 2.59. The van der Waals surface area contributed by atoms with E-state index in [4.69, 9.17) is 0 Å². The predicted molar refractivity (Wildman–Crippen MR) is 110 cm³/mol. The third-order valence-electron chi connectivity index (χ3n) is 7.58. The van der Waals surface area contributed by atoms with Gasteiger partial charge in [0.25, 0.3) is 0 Å². The summed E-state index contributed by atoms with van der Waals surface area (Å²) in [4.78, 5) is 14.0. The first-order valence-corrected chi connectivity index (χ1v) is 12.0. The molecule has 0 bridgehead atoms. The zero-order chi connectivity index (χ0) is 19.5. The Hall–Kier alpha value is -1.67. The molecule has 0 radical (unpaired) electrons. The summed E-state index contributed by atoms with van der Waals surface area (Å²) in [5.74, 6) is 2.24. The summed E-state index contributed by atoms with van der Waals surface area (Å²) in [7, 11) is -1.09. The lowest BCUT2D eigenvalue weighted by Crippen LogP contribution is -2.48. The van der Waals surface area contributed by atoms with Crippen LogP contribution in [0.1, 0.15) is 39.0 Å². The zero-order valence-corrected chi connectivity index (χ0v) is 17.5. The number of nitrogens with zero attached hydrogens (tertiary/aromatic N) is 4. The lowest BCUT2D eigenvalue weighted by molar-refractivity contribution is 0.236. The van der Waals surface area contributed by atoms with Crippen LogP contribution < -0.4 is 4.90 Å². The van der Waals surface area contributed by atoms with Crippen molar-refractivity contribution in [2.75, 3.05) is 30.8 Å². The van der Waals surface area contributed by atoms with Crippen molar-refractivity contribution < 1.29 is 8.42 Å². The topological polar surface area (TPSA) is 82.2 Å². The van der Waals surface area contributed by atoms with Crippen molar-refractivity contribution in [3.8, 4) is 0 Å². The van der Waals surface area contributed by atoms with Crippen LogP contribution in [-0.2, 0) is 10.0 Å². The molecule has 0 amide bonds. The summed E-state index contributed by atoms with van der Waals surface area (Å²) in [6.07, 6.45) is 8.64. The normalized spacial score (nSPS) is 29.7. The van der Waals surface area contributed by atoms with Gasteiger partial charge in [0, 0.05) is 32.4 Å². The summed E-state index contributed by atoms with van der Waals surface area (Å²) in [6.45, 7) is 3.73. The van der Waals surface area contributed by atoms with Gasteiger partial charge in [0.1, 0.15) is 17.8 Å². The van der Waals surface area contributed by atoms with Crippen molar-refractivity contribution in [3.63, 3.8) is 0 Å². The molecule has 0 aromatic carbocycles. The molecule has 8 heteroatoms. The van der Waals surface area contributed by atoms with Crippen LogP contribution in [0.5, 0.6) is 0 Å². The summed E-state index contributed by atoms with van der Waals surface area (Å²) < 4.78 is 27.5. The van der Waals surface area contributed by atoms with Crippen LogP contribution in [0.15, 0.2) is 18.6 Å². The van der Waals surface area contributed by atoms with Gasteiger partial charge in [-0.15, -0.1) is 0 Å². The SMILES string of the molecule is CC1CC12CCN(S(=O)(=O)CC1CC(N(C)c3ncnc4[nH]ccc34)C1)CC2. The second-order valence-electron chi connectivity index (χ2n) is 9.18. The van der Waals surface area contributed by atoms with Gasteiger partial charge in [0.05, 0.1) is 11.1 Å². The van der Waals surface area contributed by atoms with Crippen molar-refractivity contribution in [3.05, 3.63) is 18.6 Å². The molecule has 2 aliphatic carbocycles. The monoisotopic (exact) mass is 403 g/mol. The smallest absolute Gasteiger partial charge is 0.214 e. The van der Waals surface area contributed by atoms with Crippen molar-refractivity contribution in [2.24, 2.45) is 17.3 Å². The summed E-state index contributed by atoms with van der Waals surface area (Å²) >= 11 is 0. The molecule has 1 unspecified atom stereocenters. The molecule has 2 aromatic rings. The Bertz CT molecular complexity index is 973. The lowest BCUT2D eigenvalue weighted by Gasteiger charge is -2.42. The average molecular weight is 404 g/mol. The Labute approximate surface area is 166 Å². The molecule has 2 aromatic heterocycles. The van der Waals surface area contributed by atoms with E-state index in [0.29, 0.717) is 17.2 Å². The van der Waals surface area contributed by atoms with Crippen molar-refractivity contribution >= 4 is 26.9 Å². The maximum absolute atomic E-state index is 12.9. The number of aromatic nitrogens is 3. The molecule has 7 nitrogen and oxygen atoms in total. The van der Waals surface area contributed by atoms with E-state index in [1.165, 1.54) is 6.42 Å². The molecular formula is C20H29N5O2S. The predicted octanol–water partition coefficient (Wildman–Crippen LogP) is 2.62. The van der Waals surface area contributed by atoms with Crippen LogP contribution in [-0.4, -0.2) is 59.6 Å². The van der Waals surface area contributed by atoms with E-state index < -0.39 is 10.0 Å². The molecule has 3 heterocycles.